The van der Waals surface area contributed by atoms with Gasteiger partial charge < -0.3 is 29.5 Å². The van der Waals surface area contributed by atoms with Gasteiger partial charge in [0.1, 0.15) is 29.8 Å². The Morgan fingerprint density at radius 3 is 2.52 bits per heavy atom. The molecule has 0 amide bonds. The largest absolute Gasteiger partial charge is 0.507 e. The summed E-state index contributed by atoms with van der Waals surface area (Å²) in [6, 6.07) is 15.7. The van der Waals surface area contributed by atoms with Crippen molar-refractivity contribution < 1.29 is 23.8 Å². The average molecular weight is 421 g/mol. The van der Waals surface area contributed by atoms with E-state index in [-0.39, 0.29) is 23.7 Å². The van der Waals surface area contributed by atoms with E-state index in [0.717, 1.165) is 10.9 Å². The smallest absolute Gasteiger partial charge is 0.343 e. The van der Waals surface area contributed by atoms with Crippen LogP contribution < -0.4 is 16.1 Å². The van der Waals surface area contributed by atoms with Gasteiger partial charge in [0.15, 0.2) is 11.5 Å². The fourth-order valence-electron chi connectivity index (χ4n) is 3.37. The van der Waals surface area contributed by atoms with Crippen molar-refractivity contribution in [3.05, 3.63) is 81.7 Å². The number of ether oxygens (including phenoxy) is 1. The third kappa shape index (κ3) is 4.05. The molecule has 2 aromatic heterocycles. The molecule has 0 aliphatic heterocycles. The second-order valence-corrected chi connectivity index (χ2v) is 7.44. The van der Waals surface area contributed by atoms with Crippen LogP contribution in [0.15, 0.2) is 68.2 Å². The maximum absolute atomic E-state index is 11.9. The number of nitrogens with two attached hydrogens (primary N) is 1. The monoisotopic (exact) mass is 421 g/mol. The summed E-state index contributed by atoms with van der Waals surface area (Å²) in [6.07, 6.45) is -0.884. The van der Waals surface area contributed by atoms with Crippen LogP contribution in [0.1, 0.15) is 22.7 Å². The molecule has 4 N–H and O–H groups in total. The van der Waals surface area contributed by atoms with Crippen LogP contribution >= 0.6 is 0 Å². The molecule has 4 rings (SSSR count). The molecule has 0 radical (unpaired) electrons. The molecule has 0 fully saturated rings. The van der Waals surface area contributed by atoms with E-state index < -0.39 is 17.8 Å². The molecule has 0 spiro atoms. The van der Waals surface area contributed by atoms with Gasteiger partial charge >= 0.3 is 5.63 Å². The highest BCUT2D eigenvalue weighted by molar-refractivity contribution is 5.84. The molecule has 0 aliphatic carbocycles. The summed E-state index contributed by atoms with van der Waals surface area (Å²) in [6.45, 7) is 3.17. The van der Waals surface area contributed by atoms with E-state index in [4.69, 9.17) is 19.3 Å². The van der Waals surface area contributed by atoms with E-state index in [9.17, 15) is 15.0 Å². The first-order valence-electron chi connectivity index (χ1n) is 9.83. The van der Waals surface area contributed by atoms with Gasteiger partial charge in [0.25, 0.3) is 0 Å². The third-order valence-corrected chi connectivity index (χ3v) is 5.28. The lowest BCUT2D eigenvalue weighted by Crippen LogP contribution is -2.31. The van der Waals surface area contributed by atoms with E-state index in [2.05, 4.69) is 0 Å². The lowest BCUT2D eigenvalue weighted by molar-refractivity contribution is 0.0852. The number of hydrogen-bond acceptors (Lipinski definition) is 7. The predicted octanol–water partition coefficient (Wildman–Crippen LogP) is 3.82. The van der Waals surface area contributed by atoms with E-state index in [1.807, 2.05) is 30.3 Å². The number of fused-ring (bicyclic) bond motifs is 1. The van der Waals surface area contributed by atoms with Crippen LogP contribution in [-0.4, -0.2) is 22.9 Å². The van der Waals surface area contributed by atoms with Crippen LogP contribution in [0.3, 0.4) is 0 Å². The zero-order chi connectivity index (χ0) is 22.1. The molecule has 4 aromatic rings. The molecule has 0 bridgehead atoms. The third-order valence-electron chi connectivity index (χ3n) is 5.28. The zero-order valence-corrected chi connectivity index (χ0v) is 17.2. The molecule has 160 valence electrons. The summed E-state index contributed by atoms with van der Waals surface area (Å²) in [5.74, 6) is 0.919. The van der Waals surface area contributed by atoms with Crippen LogP contribution in [0.5, 0.6) is 11.5 Å². The van der Waals surface area contributed by atoms with Gasteiger partial charge in [-0.15, -0.1) is 0 Å². The molecule has 2 atom stereocenters. The maximum Gasteiger partial charge on any atom is 0.343 e. The Kier molecular flexibility index (Phi) is 5.54. The number of hydrogen-bond donors (Lipinski definition) is 3. The van der Waals surface area contributed by atoms with E-state index in [1.54, 1.807) is 31.2 Å². The molecule has 2 heterocycles. The Hall–Kier alpha value is -3.55. The molecule has 31 heavy (non-hydrogen) atoms. The van der Waals surface area contributed by atoms with Crippen molar-refractivity contribution in [3.63, 3.8) is 0 Å². The van der Waals surface area contributed by atoms with Crippen molar-refractivity contribution >= 4 is 11.0 Å². The highest BCUT2D eigenvalue weighted by Crippen LogP contribution is 2.34. The molecular formula is C24H23NO6. The highest BCUT2D eigenvalue weighted by Gasteiger charge is 2.19. The van der Waals surface area contributed by atoms with Crippen LogP contribution in [0.4, 0.5) is 0 Å². The fraction of sp³-hybridized carbons (Fsp3) is 0.208. The van der Waals surface area contributed by atoms with Gasteiger partial charge in [0.2, 0.25) is 0 Å². The Morgan fingerprint density at radius 1 is 1.03 bits per heavy atom. The first kappa shape index (κ1) is 20.7. The van der Waals surface area contributed by atoms with Crippen molar-refractivity contribution in [1.29, 1.82) is 0 Å². The standard InChI is InChI=1S/C24H23NO6/c1-13-22(27)14(2)24(28)31-23(13)20-11-16-10-17(8-9-19(16)30-20)29-12-18(26)21(25)15-6-4-3-5-7-15/h3-11,18,21,26-27H,12,25H2,1-2H3. The van der Waals surface area contributed by atoms with E-state index in [0.29, 0.717) is 22.7 Å². The minimum absolute atomic E-state index is 0.0199. The molecular weight excluding hydrogens is 398 g/mol. The number of benzene rings is 2. The first-order chi connectivity index (χ1) is 14.8. The first-order valence-corrected chi connectivity index (χ1v) is 9.83. The Balaban J connectivity index is 1.54. The van der Waals surface area contributed by atoms with Crippen molar-refractivity contribution in [2.75, 3.05) is 6.61 Å². The predicted molar refractivity (Wildman–Crippen MR) is 116 cm³/mol. The Bertz CT molecular complexity index is 1270. The molecule has 7 heteroatoms. The maximum atomic E-state index is 11.9. The van der Waals surface area contributed by atoms with Crippen molar-refractivity contribution in [2.45, 2.75) is 26.0 Å². The SMILES string of the molecule is Cc1c(-c2cc3cc(OCC(O)C(N)c4ccccc4)ccc3o2)oc(=O)c(C)c1O. The summed E-state index contributed by atoms with van der Waals surface area (Å²) in [5, 5.41) is 21.2. The van der Waals surface area contributed by atoms with Gasteiger partial charge in [0.05, 0.1) is 11.6 Å². The molecule has 0 saturated heterocycles. The lowest BCUT2D eigenvalue weighted by Gasteiger charge is -2.19. The molecule has 2 unspecified atom stereocenters. The highest BCUT2D eigenvalue weighted by atomic mass is 16.5. The van der Waals surface area contributed by atoms with Crippen LogP contribution in [-0.2, 0) is 0 Å². The topological polar surface area (TPSA) is 119 Å². The summed E-state index contributed by atoms with van der Waals surface area (Å²) in [7, 11) is 0. The number of aliphatic hydroxyl groups is 1. The quantitative estimate of drug-likeness (QED) is 0.433. The second kappa shape index (κ2) is 8.29. The van der Waals surface area contributed by atoms with Gasteiger partial charge in [-0.1, -0.05) is 30.3 Å². The summed E-state index contributed by atoms with van der Waals surface area (Å²) in [4.78, 5) is 11.9. The number of aliphatic hydroxyl groups excluding tert-OH is 1. The van der Waals surface area contributed by atoms with Gasteiger partial charge in [-0.2, -0.15) is 0 Å². The number of aromatic hydroxyl groups is 1. The van der Waals surface area contributed by atoms with Gasteiger partial charge in [-0.05, 0) is 43.7 Å². The van der Waals surface area contributed by atoms with Gasteiger partial charge in [0, 0.05) is 10.9 Å². The minimum Gasteiger partial charge on any atom is -0.507 e. The van der Waals surface area contributed by atoms with Crippen LogP contribution in [0.2, 0.25) is 0 Å². The number of rotatable bonds is 6. The van der Waals surface area contributed by atoms with Crippen LogP contribution in [0, 0.1) is 13.8 Å². The Morgan fingerprint density at radius 2 is 1.77 bits per heavy atom. The summed E-state index contributed by atoms with van der Waals surface area (Å²) < 4.78 is 16.8. The normalized spacial score (nSPS) is 13.3. The minimum atomic E-state index is -0.884. The summed E-state index contributed by atoms with van der Waals surface area (Å²) >= 11 is 0. The van der Waals surface area contributed by atoms with Crippen LogP contribution in [0.25, 0.3) is 22.5 Å². The molecule has 0 aliphatic rings. The van der Waals surface area contributed by atoms with Crippen molar-refractivity contribution in [2.24, 2.45) is 5.73 Å². The molecule has 7 nitrogen and oxygen atoms in total. The fourth-order valence-corrected chi connectivity index (χ4v) is 3.37. The molecule has 0 saturated carbocycles. The van der Waals surface area contributed by atoms with Gasteiger partial charge in [-0.3, -0.25) is 0 Å². The van der Waals surface area contributed by atoms with Gasteiger partial charge in [-0.25, -0.2) is 4.79 Å². The Labute approximate surface area is 178 Å². The lowest BCUT2D eigenvalue weighted by atomic mass is 10.0. The van der Waals surface area contributed by atoms with Crippen molar-refractivity contribution in [1.82, 2.24) is 0 Å². The number of furan rings is 1. The zero-order valence-electron chi connectivity index (χ0n) is 17.2. The second-order valence-electron chi connectivity index (χ2n) is 7.44. The van der Waals surface area contributed by atoms with E-state index >= 15 is 0 Å². The average Bonchev–Trinajstić information content (AvgIpc) is 3.21. The van der Waals surface area contributed by atoms with E-state index in [1.165, 1.54) is 6.92 Å². The summed E-state index contributed by atoms with van der Waals surface area (Å²) in [5.41, 5.74) is 7.45. The van der Waals surface area contributed by atoms with Crippen molar-refractivity contribution in [3.8, 4) is 23.0 Å². The molecule has 2 aromatic carbocycles.